The number of aromatic amines is 1. The Hall–Kier alpha value is -3.46. The van der Waals surface area contributed by atoms with Crippen molar-refractivity contribution in [2.24, 2.45) is 5.73 Å². The Morgan fingerprint density at radius 3 is 2.36 bits per heavy atom. The van der Waals surface area contributed by atoms with Gasteiger partial charge in [-0.05, 0) is 25.0 Å². The van der Waals surface area contributed by atoms with Crippen molar-refractivity contribution in [3.8, 4) is 0 Å². The van der Waals surface area contributed by atoms with Crippen LogP contribution < -0.4 is 61.7 Å². The third-order valence-corrected chi connectivity index (χ3v) is 6.12. The number of carboxylic acids is 1. The first-order chi connectivity index (χ1) is 18.0. The van der Waals surface area contributed by atoms with Crippen LogP contribution in [0.2, 0.25) is 0 Å². The van der Waals surface area contributed by atoms with E-state index in [2.05, 4.69) is 26.3 Å². The molecule has 1 saturated heterocycles. The number of H-pyrrole nitrogens is 1. The zero-order valence-corrected chi connectivity index (χ0v) is 23.5. The molecular weight excluding hydrogens is 523 g/mol. The first kappa shape index (κ1) is 31.8. The number of primary amides is 1. The fourth-order valence-electron chi connectivity index (χ4n) is 4.13. The number of carbonyl (C=O) groups is 6. The fourth-order valence-corrected chi connectivity index (χ4v) is 4.13. The van der Waals surface area contributed by atoms with Crippen LogP contribution in [0, 0.1) is 0 Å². The molecule has 0 spiro atoms. The molecule has 1 aliphatic heterocycles. The third-order valence-electron chi connectivity index (χ3n) is 6.12. The maximum atomic E-state index is 13.2. The monoisotopic (exact) mass is 552 g/mol. The van der Waals surface area contributed by atoms with Crippen LogP contribution in [0.1, 0.15) is 31.7 Å². The number of nitrogens with two attached hydrogens (primary N) is 1. The minimum absolute atomic E-state index is 0. The predicted molar refractivity (Wildman–Crippen MR) is 129 cm³/mol. The number of benzene rings is 1. The van der Waals surface area contributed by atoms with Crippen molar-refractivity contribution in [3.63, 3.8) is 0 Å². The number of hydrogen-bond acceptors (Lipinski definition) is 8. The van der Waals surface area contributed by atoms with E-state index in [-0.39, 0.29) is 54.7 Å². The molecule has 0 unspecified atom stereocenters. The largest absolute Gasteiger partial charge is 1.00 e. The number of fused-ring (bicyclic) bond motifs is 1. The van der Waals surface area contributed by atoms with Crippen LogP contribution in [0.15, 0.2) is 30.5 Å². The molecule has 8 N–H and O–H groups in total. The molecule has 2 heterocycles. The number of aliphatic hydroxyl groups is 1. The maximum Gasteiger partial charge on any atom is 1.00 e. The van der Waals surface area contributed by atoms with Crippen molar-refractivity contribution in [2.75, 3.05) is 0 Å². The molecule has 0 saturated carbocycles. The minimum Gasteiger partial charge on any atom is -0.548 e. The van der Waals surface area contributed by atoms with Gasteiger partial charge in [-0.15, -0.1) is 0 Å². The molecule has 1 aromatic carbocycles. The molecule has 3 rings (SSSR count). The van der Waals surface area contributed by atoms with Gasteiger partial charge < -0.3 is 47.0 Å². The quantitative estimate of drug-likeness (QED) is 0.125. The summed E-state index contributed by atoms with van der Waals surface area (Å²) in [5.74, 6) is -5.58. The Morgan fingerprint density at radius 2 is 1.77 bits per heavy atom. The van der Waals surface area contributed by atoms with Gasteiger partial charge in [0.2, 0.25) is 29.5 Å². The second-order valence-electron chi connectivity index (χ2n) is 9.06. The van der Waals surface area contributed by atoms with Crippen molar-refractivity contribution >= 4 is 46.4 Å². The molecular formula is C24H29N6NaO8. The van der Waals surface area contributed by atoms with E-state index in [4.69, 9.17) is 5.73 Å². The Bertz CT molecular complexity index is 1250. The van der Waals surface area contributed by atoms with Crippen LogP contribution >= 0.6 is 0 Å². The predicted octanol–water partition coefficient (Wildman–Crippen LogP) is -6.55. The van der Waals surface area contributed by atoms with Crippen molar-refractivity contribution in [2.45, 2.75) is 62.9 Å². The summed E-state index contributed by atoms with van der Waals surface area (Å²) >= 11 is 0. The summed E-state index contributed by atoms with van der Waals surface area (Å²) in [5, 5.41) is 31.3. The standard InChI is InChI=1S/C24H30N6O8.Na/c1-11(31)20(24(37)38)30-23(36)16(8-12-10-26-14-5-3-2-4-13(12)14)28-22(35)17(9-18(25)32)29-21(34)15-6-7-19(33)27-15;/h2-5,10-11,15-17,20,26,31H,6-9H2,1H3,(H2,25,32)(H,27,33)(H,28,35)(H,29,34)(H,30,36)(H,37,38);/q;+1/p-1/t11-,15+,16+,17+,20+;/m1./s1. The SMILES string of the molecule is C[C@@H](O)[C@H](NC(=O)[C@H](Cc1c[nH]c2ccccc12)NC(=O)[C@H](CC(N)=O)NC(=O)[C@@H]1CCC(=O)N1)C(=O)[O-].[Na+]. The number of para-hydroxylation sites is 1. The number of aliphatic carboxylic acids is 1. The molecule has 1 fully saturated rings. The topological polar surface area (TPSA) is 236 Å². The molecule has 1 aromatic heterocycles. The second kappa shape index (κ2) is 14.1. The average molecular weight is 553 g/mol. The van der Waals surface area contributed by atoms with Crippen LogP contribution in [0.25, 0.3) is 10.9 Å². The first-order valence-electron chi connectivity index (χ1n) is 11.9. The van der Waals surface area contributed by atoms with E-state index in [0.717, 1.165) is 17.8 Å². The number of carboxylic acid groups (broad SMARTS) is 1. The van der Waals surface area contributed by atoms with Gasteiger partial charge in [-0.3, -0.25) is 24.0 Å². The van der Waals surface area contributed by atoms with Crippen LogP contribution in [0.3, 0.4) is 0 Å². The maximum absolute atomic E-state index is 13.2. The van der Waals surface area contributed by atoms with Gasteiger partial charge in [-0.1, -0.05) is 18.2 Å². The summed E-state index contributed by atoms with van der Waals surface area (Å²) in [6.45, 7) is 1.15. The fraction of sp³-hybridized carbons (Fsp3) is 0.417. The minimum atomic E-state index is -1.77. The molecule has 1 aliphatic rings. The second-order valence-corrected chi connectivity index (χ2v) is 9.06. The van der Waals surface area contributed by atoms with Gasteiger partial charge in [0, 0.05) is 29.9 Å². The Labute approximate surface area is 245 Å². The summed E-state index contributed by atoms with van der Waals surface area (Å²) in [7, 11) is 0. The van der Waals surface area contributed by atoms with Gasteiger partial charge in [0.15, 0.2) is 0 Å². The summed E-state index contributed by atoms with van der Waals surface area (Å²) < 4.78 is 0. The molecule has 5 amide bonds. The number of amides is 5. The van der Waals surface area contributed by atoms with E-state index in [9.17, 15) is 39.0 Å². The first-order valence-corrected chi connectivity index (χ1v) is 11.9. The molecule has 0 bridgehead atoms. The Morgan fingerprint density at radius 1 is 1.10 bits per heavy atom. The number of rotatable bonds is 12. The third kappa shape index (κ3) is 8.51. The number of hydrogen-bond donors (Lipinski definition) is 7. The Kier molecular flexibility index (Phi) is 11.5. The Balaban J connectivity index is 0.00000533. The van der Waals surface area contributed by atoms with Crippen LogP contribution in [0.5, 0.6) is 0 Å². The van der Waals surface area contributed by atoms with Gasteiger partial charge in [-0.25, -0.2) is 0 Å². The molecule has 5 atom stereocenters. The average Bonchev–Trinajstić information content (AvgIpc) is 3.47. The molecule has 0 radical (unpaired) electrons. The zero-order valence-electron chi connectivity index (χ0n) is 21.5. The van der Waals surface area contributed by atoms with E-state index in [1.54, 1.807) is 30.5 Å². The van der Waals surface area contributed by atoms with E-state index < -0.39 is 66.3 Å². The van der Waals surface area contributed by atoms with Gasteiger partial charge in [0.25, 0.3) is 0 Å². The normalized spacial score (nSPS) is 17.6. The zero-order chi connectivity index (χ0) is 28.0. The molecule has 0 aliphatic carbocycles. The van der Waals surface area contributed by atoms with Crippen LogP contribution in [0.4, 0.5) is 0 Å². The molecule has 204 valence electrons. The van der Waals surface area contributed by atoms with Crippen LogP contribution in [-0.2, 0) is 35.2 Å². The summed E-state index contributed by atoms with van der Waals surface area (Å²) in [6, 6.07) is 1.61. The number of carbonyl (C=O) groups excluding carboxylic acids is 6. The van der Waals surface area contributed by atoms with E-state index in [1.165, 1.54) is 0 Å². The van der Waals surface area contributed by atoms with Crippen molar-refractivity contribution in [3.05, 3.63) is 36.0 Å². The van der Waals surface area contributed by atoms with Gasteiger partial charge >= 0.3 is 29.6 Å². The van der Waals surface area contributed by atoms with E-state index in [1.807, 2.05) is 0 Å². The molecule has 15 heteroatoms. The van der Waals surface area contributed by atoms with Crippen molar-refractivity contribution < 1.29 is 68.5 Å². The van der Waals surface area contributed by atoms with Gasteiger partial charge in [0.1, 0.15) is 18.1 Å². The smallest absolute Gasteiger partial charge is 0.548 e. The van der Waals surface area contributed by atoms with E-state index >= 15 is 0 Å². The molecule has 2 aromatic rings. The van der Waals surface area contributed by atoms with Crippen molar-refractivity contribution in [1.29, 1.82) is 0 Å². The van der Waals surface area contributed by atoms with E-state index in [0.29, 0.717) is 5.56 Å². The van der Waals surface area contributed by atoms with Crippen LogP contribution in [-0.4, -0.2) is 75.9 Å². The van der Waals surface area contributed by atoms with Gasteiger partial charge in [-0.2, -0.15) is 0 Å². The number of aliphatic hydroxyl groups excluding tert-OH is 1. The number of nitrogens with one attached hydrogen (secondary N) is 5. The summed E-state index contributed by atoms with van der Waals surface area (Å²) in [4.78, 5) is 76.3. The van der Waals surface area contributed by atoms with Gasteiger partial charge in [0.05, 0.1) is 24.5 Å². The molecule has 39 heavy (non-hydrogen) atoms. The van der Waals surface area contributed by atoms with Crippen molar-refractivity contribution in [1.82, 2.24) is 26.3 Å². The number of aromatic nitrogens is 1. The summed E-state index contributed by atoms with van der Waals surface area (Å²) in [5.41, 5.74) is 6.61. The summed E-state index contributed by atoms with van der Waals surface area (Å²) in [6.07, 6.45) is -0.275. The molecule has 14 nitrogen and oxygen atoms in total.